The second-order valence-electron chi connectivity index (χ2n) is 5.61. The molecule has 112 valence electrons. The fraction of sp³-hybridized carbons (Fsp3) is 0.333. The van der Waals surface area contributed by atoms with Crippen LogP contribution in [0.1, 0.15) is 44.9 Å². The van der Waals surface area contributed by atoms with Crippen LogP contribution in [0.4, 0.5) is 5.69 Å². The number of fused-ring (bicyclic) bond motifs is 1. The van der Waals surface area contributed by atoms with Gasteiger partial charge in [-0.2, -0.15) is 5.26 Å². The molecule has 2 aromatic rings. The molecule has 0 radical (unpaired) electrons. The standard InChI is InChI=1S/C18H18N2OS/c19-11-10-13-6-8-15(9-7-13)20-18(21)17-12-14-4-2-1-3-5-16(14)22-17/h6-9,12H,1-5,10H2,(H,20,21). The van der Waals surface area contributed by atoms with Gasteiger partial charge in [0.05, 0.1) is 17.4 Å². The molecule has 0 atom stereocenters. The summed E-state index contributed by atoms with van der Waals surface area (Å²) in [5.41, 5.74) is 3.09. The predicted molar refractivity (Wildman–Crippen MR) is 89.3 cm³/mol. The van der Waals surface area contributed by atoms with Crippen molar-refractivity contribution >= 4 is 22.9 Å². The Morgan fingerprint density at radius 1 is 1.18 bits per heavy atom. The van der Waals surface area contributed by atoms with E-state index >= 15 is 0 Å². The van der Waals surface area contributed by atoms with Crippen molar-refractivity contribution in [1.82, 2.24) is 0 Å². The molecule has 3 rings (SSSR count). The molecule has 1 aromatic carbocycles. The van der Waals surface area contributed by atoms with Crippen LogP contribution < -0.4 is 5.32 Å². The third-order valence-electron chi connectivity index (χ3n) is 3.97. The van der Waals surface area contributed by atoms with Gasteiger partial charge in [-0.25, -0.2) is 0 Å². The van der Waals surface area contributed by atoms with Gasteiger partial charge in [0.15, 0.2) is 0 Å². The second-order valence-corrected chi connectivity index (χ2v) is 6.74. The van der Waals surface area contributed by atoms with Crippen LogP contribution in [0.15, 0.2) is 30.3 Å². The number of hydrogen-bond acceptors (Lipinski definition) is 3. The summed E-state index contributed by atoms with van der Waals surface area (Å²) in [6.07, 6.45) is 6.35. The molecular weight excluding hydrogens is 292 g/mol. The van der Waals surface area contributed by atoms with E-state index in [1.807, 2.05) is 24.3 Å². The van der Waals surface area contributed by atoms with Crippen LogP contribution in [0.2, 0.25) is 0 Å². The number of hydrogen-bond donors (Lipinski definition) is 1. The third kappa shape index (κ3) is 3.37. The van der Waals surface area contributed by atoms with E-state index in [1.54, 1.807) is 11.3 Å². The Kier molecular flexibility index (Phi) is 4.55. The number of rotatable bonds is 3. The Balaban J connectivity index is 1.70. The summed E-state index contributed by atoms with van der Waals surface area (Å²) in [6.45, 7) is 0. The van der Waals surface area contributed by atoms with Crippen molar-refractivity contribution in [2.75, 3.05) is 5.32 Å². The van der Waals surface area contributed by atoms with Crippen LogP contribution in [0.3, 0.4) is 0 Å². The monoisotopic (exact) mass is 310 g/mol. The fourth-order valence-electron chi connectivity index (χ4n) is 2.77. The largest absolute Gasteiger partial charge is 0.321 e. The molecule has 0 unspecified atom stereocenters. The number of anilines is 1. The van der Waals surface area contributed by atoms with Crippen LogP contribution >= 0.6 is 11.3 Å². The molecular formula is C18H18N2OS. The van der Waals surface area contributed by atoms with Gasteiger partial charge in [0, 0.05) is 10.6 Å². The van der Waals surface area contributed by atoms with Gasteiger partial charge >= 0.3 is 0 Å². The molecule has 1 aromatic heterocycles. The summed E-state index contributed by atoms with van der Waals surface area (Å²) >= 11 is 1.63. The number of benzene rings is 1. The van der Waals surface area contributed by atoms with E-state index in [2.05, 4.69) is 17.5 Å². The minimum atomic E-state index is -0.0360. The van der Waals surface area contributed by atoms with E-state index in [9.17, 15) is 4.79 Å². The molecule has 0 fully saturated rings. The number of nitriles is 1. The van der Waals surface area contributed by atoms with Gasteiger partial charge in [0.1, 0.15) is 0 Å². The molecule has 0 spiro atoms. The summed E-state index contributed by atoms with van der Waals surface area (Å²) in [6, 6.07) is 11.6. The lowest BCUT2D eigenvalue weighted by Crippen LogP contribution is -2.10. The third-order valence-corrected chi connectivity index (χ3v) is 5.20. The average Bonchev–Trinajstić information content (AvgIpc) is 2.81. The van der Waals surface area contributed by atoms with E-state index < -0.39 is 0 Å². The number of thiophene rings is 1. The Morgan fingerprint density at radius 2 is 1.95 bits per heavy atom. The van der Waals surface area contributed by atoms with E-state index in [4.69, 9.17) is 5.26 Å². The molecule has 1 N–H and O–H groups in total. The highest BCUT2D eigenvalue weighted by Gasteiger charge is 2.16. The lowest BCUT2D eigenvalue weighted by Gasteiger charge is -2.04. The maximum absolute atomic E-state index is 12.4. The first-order valence-electron chi connectivity index (χ1n) is 7.65. The van der Waals surface area contributed by atoms with Crippen LogP contribution in [0.5, 0.6) is 0 Å². The Hall–Kier alpha value is -2.12. The molecule has 0 bridgehead atoms. The number of nitrogens with zero attached hydrogens (tertiary/aromatic N) is 1. The predicted octanol–water partition coefficient (Wildman–Crippen LogP) is 4.34. The summed E-state index contributed by atoms with van der Waals surface area (Å²) < 4.78 is 0. The minimum Gasteiger partial charge on any atom is -0.321 e. The molecule has 4 heteroatoms. The number of aryl methyl sites for hydroxylation is 2. The Morgan fingerprint density at radius 3 is 2.73 bits per heavy atom. The molecule has 22 heavy (non-hydrogen) atoms. The quantitative estimate of drug-likeness (QED) is 0.858. The number of amides is 1. The van der Waals surface area contributed by atoms with Crippen molar-refractivity contribution in [2.45, 2.75) is 38.5 Å². The Labute approximate surface area is 134 Å². The lowest BCUT2D eigenvalue weighted by molar-refractivity contribution is 0.103. The molecule has 1 aliphatic carbocycles. The fourth-order valence-corrected chi connectivity index (χ4v) is 3.92. The van der Waals surface area contributed by atoms with Crippen LogP contribution in [-0.4, -0.2) is 5.91 Å². The minimum absolute atomic E-state index is 0.0360. The summed E-state index contributed by atoms with van der Waals surface area (Å²) in [4.78, 5) is 14.6. The van der Waals surface area contributed by atoms with E-state index in [0.717, 1.165) is 29.0 Å². The molecule has 1 aliphatic rings. The van der Waals surface area contributed by atoms with Gasteiger partial charge in [-0.3, -0.25) is 4.79 Å². The zero-order chi connectivity index (χ0) is 15.4. The first kappa shape index (κ1) is 14.8. The number of nitrogens with one attached hydrogen (secondary N) is 1. The van der Waals surface area contributed by atoms with Crippen LogP contribution in [0, 0.1) is 11.3 Å². The van der Waals surface area contributed by atoms with Gasteiger partial charge in [-0.05, 0) is 55.0 Å². The second kappa shape index (κ2) is 6.76. The zero-order valence-electron chi connectivity index (χ0n) is 12.4. The molecule has 0 aliphatic heterocycles. The maximum Gasteiger partial charge on any atom is 0.265 e. The van der Waals surface area contributed by atoms with E-state index in [0.29, 0.717) is 6.42 Å². The van der Waals surface area contributed by atoms with Crippen molar-refractivity contribution < 1.29 is 4.79 Å². The van der Waals surface area contributed by atoms with Gasteiger partial charge in [-0.15, -0.1) is 11.3 Å². The van der Waals surface area contributed by atoms with Crippen molar-refractivity contribution in [3.8, 4) is 6.07 Å². The SMILES string of the molecule is N#CCc1ccc(NC(=O)c2cc3c(s2)CCCCC3)cc1. The van der Waals surface area contributed by atoms with Crippen molar-refractivity contribution in [1.29, 1.82) is 5.26 Å². The average molecular weight is 310 g/mol. The first-order valence-corrected chi connectivity index (χ1v) is 8.47. The summed E-state index contributed by atoms with van der Waals surface area (Å²) in [7, 11) is 0. The first-order chi connectivity index (χ1) is 10.8. The smallest absolute Gasteiger partial charge is 0.265 e. The van der Waals surface area contributed by atoms with Crippen LogP contribution in [0.25, 0.3) is 0 Å². The van der Waals surface area contributed by atoms with Crippen molar-refractivity contribution in [3.05, 3.63) is 51.2 Å². The zero-order valence-corrected chi connectivity index (χ0v) is 13.2. The van der Waals surface area contributed by atoms with Gasteiger partial charge in [-0.1, -0.05) is 18.6 Å². The van der Waals surface area contributed by atoms with Crippen LogP contribution in [-0.2, 0) is 19.3 Å². The molecule has 3 nitrogen and oxygen atoms in total. The highest BCUT2D eigenvalue weighted by molar-refractivity contribution is 7.14. The number of carbonyl (C=O) groups excluding carboxylic acids is 1. The molecule has 1 heterocycles. The topological polar surface area (TPSA) is 52.9 Å². The van der Waals surface area contributed by atoms with Gasteiger partial charge < -0.3 is 5.32 Å². The normalized spacial score (nSPS) is 13.8. The highest BCUT2D eigenvalue weighted by atomic mass is 32.1. The van der Waals surface area contributed by atoms with E-state index in [-0.39, 0.29) is 5.91 Å². The summed E-state index contributed by atoms with van der Waals surface area (Å²) in [5.74, 6) is -0.0360. The van der Waals surface area contributed by atoms with Gasteiger partial charge in [0.2, 0.25) is 0 Å². The van der Waals surface area contributed by atoms with Crippen molar-refractivity contribution in [3.63, 3.8) is 0 Å². The Bertz CT molecular complexity index is 686. The molecule has 0 saturated carbocycles. The van der Waals surface area contributed by atoms with Crippen molar-refractivity contribution in [2.24, 2.45) is 0 Å². The lowest BCUT2D eigenvalue weighted by atomic mass is 10.1. The molecule has 1 amide bonds. The maximum atomic E-state index is 12.4. The molecule has 0 saturated heterocycles. The highest BCUT2D eigenvalue weighted by Crippen LogP contribution is 2.29. The summed E-state index contributed by atoms with van der Waals surface area (Å²) in [5, 5.41) is 11.6. The van der Waals surface area contributed by atoms with E-state index in [1.165, 1.54) is 29.7 Å². The number of carbonyl (C=O) groups is 1. The van der Waals surface area contributed by atoms with Gasteiger partial charge in [0.25, 0.3) is 5.91 Å².